The van der Waals surface area contributed by atoms with Gasteiger partial charge in [-0.05, 0) is 47.5 Å². The molecule has 0 fully saturated rings. The highest BCUT2D eigenvalue weighted by Gasteiger charge is 2.25. The van der Waals surface area contributed by atoms with Crippen molar-refractivity contribution in [2.75, 3.05) is 27.4 Å². The highest BCUT2D eigenvalue weighted by molar-refractivity contribution is 5.94. The molecule has 0 atom stereocenters. The lowest BCUT2D eigenvalue weighted by atomic mass is 10.0. The van der Waals surface area contributed by atoms with Crippen LogP contribution < -0.4 is 14.2 Å². The van der Waals surface area contributed by atoms with E-state index in [2.05, 4.69) is 0 Å². The first-order valence-electron chi connectivity index (χ1n) is 9.62. The molecular weight excluding hydrogens is 385 g/mol. The Morgan fingerprint density at radius 2 is 1.83 bits per heavy atom. The normalized spacial score (nSPS) is 13.1. The number of carbonyl (C=O) groups is 1. The van der Waals surface area contributed by atoms with Crippen molar-refractivity contribution in [3.63, 3.8) is 0 Å². The number of amides is 1. The van der Waals surface area contributed by atoms with Gasteiger partial charge in [-0.3, -0.25) is 4.79 Å². The molecule has 30 heavy (non-hydrogen) atoms. The molecule has 0 unspecified atom stereocenters. The van der Waals surface area contributed by atoms with Gasteiger partial charge < -0.3 is 19.1 Å². The van der Waals surface area contributed by atoms with Crippen LogP contribution in [0.3, 0.4) is 0 Å². The summed E-state index contributed by atoms with van der Waals surface area (Å²) >= 11 is 0. The molecule has 0 N–H and O–H groups in total. The van der Waals surface area contributed by atoms with Crippen molar-refractivity contribution in [1.82, 2.24) is 4.90 Å². The zero-order chi connectivity index (χ0) is 21.1. The molecule has 0 spiro atoms. The fraction of sp³-hybridized carbons (Fsp3) is 0.208. The van der Waals surface area contributed by atoms with Crippen molar-refractivity contribution >= 4 is 5.91 Å². The molecule has 1 aliphatic rings. The molecule has 5 nitrogen and oxygen atoms in total. The van der Waals surface area contributed by atoms with E-state index in [4.69, 9.17) is 14.2 Å². The monoisotopic (exact) mass is 407 g/mol. The van der Waals surface area contributed by atoms with E-state index in [1.807, 2.05) is 36.4 Å². The smallest absolute Gasteiger partial charge is 0.257 e. The molecule has 3 aromatic rings. The highest BCUT2D eigenvalue weighted by atomic mass is 19.1. The summed E-state index contributed by atoms with van der Waals surface area (Å²) in [6.07, 6.45) is 0. The largest absolute Gasteiger partial charge is 0.497 e. The van der Waals surface area contributed by atoms with Crippen LogP contribution in [0.4, 0.5) is 4.39 Å². The van der Waals surface area contributed by atoms with Crippen LogP contribution in [0.1, 0.15) is 15.9 Å². The number of methoxy groups -OCH3 is 2. The number of carbonyl (C=O) groups excluding carboxylic acids is 1. The molecule has 1 amide bonds. The SMILES string of the molecule is COc1cccc(-c2cc3c(c(OC)c2)OCCN(C(=O)c2ccccc2F)C3)c1. The first-order valence-corrected chi connectivity index (χ1v) is 9.62. The standard InChI is InChI=1S/C24H22FNO4/c1-28-19-7-5-6-16(13-19)17-12-18-15-26(10-11-30-23(18)22(14-17)29-2)24(27)20-8-3-4-9-21(20)25/h3-9,12-14H,10-11,15H2,1-2H3. The van der Waals surface area contributed by atoms with Crippen molar-refractivity contribution < 1.29 is 23.4 Å². The van der Waals surface area contributed by atoms with Crippen molar-refractivity contribution in [3.8, 4) is 28.4 Å². The second-order valence-electron chi connectivity index (χ2n) is 6.95. The van der Waals surface area contributed by atoms with Gasteiger partial charge in [-0.15, -0.1) is 0 Å². The summed E-state index contributed by atoms with van der Waals surface area (Å²) in [5, 5.41) is 0. The van der Waals surface area contributed by atoms with Crippen LogP contribution in [-0.4, -0.2) is 38.2 Å². The number of hydrogen-bond acceptors (Lipinski definition) is 4. The minimum Gasteiger partial charge on any atom is -0.497 e. The van der Waals surface area contributed by atoms with E-state index in [1.54, 1.807) is 31.3 Å². The maximum Gasteiger partial charge on any atom is 0.257 e. The molecule has 6 heteroatoms. The third-order valence-electron chi connectivity index (χ3n) is 5.12. The zero-order valence-electron chi connectivity index (χ0n) is 16.9. The number of hydrogen-bond donors (Lipinski definition) is 0. The van der Waals surface area contributed by atoms with Crippen molar-refractivity contribution in [3.05, 3.63) is 77.6 Å². The van der Waals surface area contributed by atoms with E-state index in [0.717, 1.165) is 22.4 Å². The Kier molecular flexibility index (Phi) is 5.57. The van der Waals surface area contributed by atoms with Gasteiger partial charge in [-0.25, -0.2) is 4.39 Å². The van der Waals surface area contributed by atoms with Gasteiger partial charge >= 0.3 is 0 Å². The lowest BCUT2D eigenvalue weighted by Gasteiger charge is -2.20. The van der Waals surface area contributed by atoms with Crippen LogP contribution in [0, 0.1) is 5.82 Å². The van der Waals surface area contributed by atoms with E-state index in [9.17, 15) is 9.18 Å². The predicted octanol–water partition coefficient (Wildman–Crippen LogP) is 4.54. The molecule has 0 aliphatic carbocycles. The van der Waals surface area contributed by atoms with Crippen molar-refractivity contribution in [2.24, 2.45) is 0 Å². The molecule has 0 radical (unpaired) electrons. The topological polar surface area (TPSA) is 48.0 Å². The lowest BCUT2D eigenvalue weighted by Crippen LogP contribution is -2.33. The van der Waals surface area contributed by atoms with Gasteiger partial charge in [0, 0.05) is 12.1 Å². The third kappa shape index (κ3) is 3.81. The zero-order valence-corrected chi connectivity index (χ0v) is 16.9. The molecule has 0 bridgehead atoms. The molecule has 0 aromatic heterocycles. The van der Waals surface area contributed by atoms with Crippen LogP contribution in [-0.2, 0) is 6.54 Å². The van der Waals surface area contributed by atoms with E-state index in [-0.39, 0.29) is 18.0 Å². The van der Waals surface area contributed by atoms with Gasteiger partial charge in [0.1, 0.15) is 18.2 Å². The van der Waals surface area contributed by atoms with Crippen molar-refractivity contribution in [1.29, 1.82) is 0 Å². The maximum atomic E-state index is 14.2. The van der Waals surface area contributed by atoms with Crippen LogP contribution in [0.2, 0.25) is 0 Å². The first kappa shape index (κ1) is 19.8. The average Bonchev–Trinajstić information content (AvgIpc) is 3.01. The number of rotatable bonds is 4. The molecule has 1 aliphatic heterocycles. The van der Waals surface area contributed by atoms with E-state index in [1.165, 1.54) is 12.1 Å². The van der Waals surface area contributed by atoms with Crippen LogP contribution >= 0.6 is 0 Å². The summed E-state index contributed by atoms with van der Waals surface area (Å²) in [5.41, 5.74) is 2.71. The second-order valence-corrected chi connectivity index (χ2v) is 6.95. The number of nitrogens with zero attached hydrogens (tertiary/aromatic N) is 1. The summed E-state index contributed by atoms with van der Waals surface area (Å²) in [5.74, 6) is 1.04. The Morgan fingerprint density at radius 3 is 2.60 bits per heavy atom. The molecule has 0 saturated carbocycles. The van der Waals surface area contributed by atoms with Crippen LogP contribution in [0.15, 0.2) is 60.7 Å². The number of benzene rings is 3. The Bertz CT molecular complexity index is 1080. The summed E-state index contributed by atoms with van der Waals surface area (Å²) < 4.78 is 31.0. The Balaban J connectivity index is 1.73. The number of halogens is 1. The van der Waals surface area contributed by atoms with Gasteiger partial charge in [-0.1, -0.05) is 24.3 Å². The van der Waals surface area contributed by atoms with Gasteiger partial charge in [0.25, 0.3) is 5.91 Å². The Morgan fingerprint density at radius 1 is 1.00 bits per heavy atom. The first-order chi connectivity index (χ1) is 14.6. The van der Waals surface area contributed by atoms with Crippen LogP contribution in [0.25, 0.3) is 11.1 Å². The maximum absolute atomic E-state index is 14.2. The minimum absolute atomic E-state index is 0.0527. The highest BCUT2D eigenvalue weighted by Crippen LogP contribution is 2.39. The van der Waals surface area contributed by atoms with E-state index >= 15 is 0 Å². The van der Waals surface area contributed by atoms with E-state index < -0.39 is 5.82 Å². The van der Waals surface area contributed by atoms with Gasteiger partial charge in [0.05, 0.1) is 26.3 Å². The summed E-state index contributed by atoms with van der Waals surface area (Å²) in [4.78, 5) is 14.6. The molecule has 1 heterocycles. The van der Waals surface area contributed by atoms with Gasteiger partial charge in [0.15, 0.2) is 11.5 Å². The summed E-state index contributed by atoms with van der Waals surface area (Å²) in [6, 6.07) is 17.6. The van der Waals surface area contributed by atoms with Crippen molar-refractivity contribution in [2.45, 2.75) is 6.54 Å². The third-order valence-corrected chi connectivity index (χ3v) is 5.12. The summed E-state index contributed by atoms with van der Waals surface area (Å²) in [7, 11) is 3.21. The number of fused-ring (bicyclic) bond motifs is 1. The predicted molar refractivity (Wildman–Crippen MR) is 112 cm³/mol. The fourth-order valence-electron chi connectivity index (χ4n) is 3.58. The minimum atomic E-state index is -0.532. The Labute approximate surface area is 174 Å². The molecule has 154 valence electrons. The second kappa shape index (κ2) is 8.45. The van der Waals surface area contributed by atoms with Gasteiger partial charge in [-0.2, -0.15) is 0 Å². The van der Waals surface area contributed by atoms with Gasteiger partial charge in [0.2, 0.25) is 0 Å². The molecule has 0 saturated heterocycles. The summed E-state index contributed by atoms with van der Waals surface area (Å²) in [6.45, 7) is 0.929. The molecule has 3 aromatic carbocycles. The fourth-order valence-corrected chi connectivity index (χ4v) is 3.58. The molecule has 4 rings (SSSR count). The lowest BCUT2D eigenvalue weighted by molar-refractivity contribution is 0.0728. The average molecular weight is 407 g/mol. The van der Waals surface area contributed by atoms with E-state index in [0.29, 0.717) is 24.7 Å². The molecular formula is C24H22FNO4. The van der Waals surface area contributed by atoms with Crippen LogP contribution in [0.5, 0.6) is 17.2 Å². The quantitative estimate of drug-likeness (QED) is 0.637. The number of ether oxygens (including phenoxy) is 3. The Hall–Kier alpha value is -3.54.